The fourth-order valence-electron chi connectivity index (χ4n) is 2.68. The van der Waals surface area contributed by atoms with E-state index in [9.17, 15) is 4.79 Å². The summed E-state index contributed by atoms with van der Waals surface area (Å²) in [7, 11) is 0. The van der Waals surface area contributed by atoms with Crippen LogP contribution in [-0.4, -0.2) is 30.5 Å². The number of rotatable bonds is 3. The summed E-state index contributed by atoms with van der Waals surface area (Å²) in [5, 5.41) is 0.692. The van der Waals surface area contributed by atoms with Gasteiger partial charge in [0.2, 0.25) is 0 Å². The average molecular weight is 331 g/mol. The van der Waals surface area contributed by atoms with Crippen molar-refractivity contribution in [2.24, 2.45) is 5.73 Å². The zero-order valence-corrected chi connectivity index (χ0v) is 13.5. The Balaban J connectivity index is 1.72. The summed E-state index contributed by atoms with van der Waals surface area (Å²) in [5.41, 5.74) is 8.32. The maximum Gasteiger partial charge on any atom is 0.254 e. The lowest BCUT2D eigenvalue weighted by molar-refractivity contribution is -0.0228. The van der Waals surface area contributed by atoms with Gasteiger partial charge in [-0.05, 0) is 35.4 Å². The molecule has 4 nitrogen and oxygen atoms in total. The number of hydrogen-bond acceptors (Lipinski definition) is 3. The first-order valence-electron chi connectivity index (χ1n) is 7.63. The van der Waals surface area contributed by atoms with Gasteiger partial charge in [0.05, 0.1) is 13.2 Å². The zero-order chi connectivity index (χ0) is 16.2. The molecule has 1 unspecified atom stereocenters. The van der Waals surface area contributed by atoms with Crippen LogP contribution < -0.4 is 5.73 Å². The van der Waals surface area contributed by atoms with Gasteiger partial charge in [-0.15, -0.1) is 0 Å². The number of ether oxygens (including phenoxy) is 1. The summed E-state index contributed by atoms with van der Waals surface area (Å²) < 4.78 is 5.80. The predicted molar refractivity (Wildman–Crippen MR) is 90.4 cm³/mol. The molecule has 1 heterocycles. The third kappa shape index (κ3) is 3.72. The average Bonchev–Trinajstić information content (AvgIpc) is 2.62. The van der Waals surface area contributed by atoms with Gasteiger partial charge in [-0.3, -0.25) is 4.79 Å². The number of morpholine rings is 1. The van der Waals surface area contributed by atoms with Gasteiger partial charge in [-0.25, -0.2) is 0 Å². The third-order valence-corrected chi connectivity index (χ3v) is 4.28. The fourth-order valence-corrected chi connectivity index (χ4v) is 2.80. The molecule has 2 N–H and O–H groups in total. The highest BCUT2D eigenvalue weighted by atomic mass is 35.5. The molecule has 2 aromatic rings. The molecule has 0 saturated carbocycles. The van der Waals surface area contributed by atoms with Crippen LogP contribution in [0.5, 0.6) is 0 Å². The van der Waals surface area contributed by atoms with Gasteiger partial charge in [0, 0.05) is 23.7 Å². The number of amides is 1. The molecule has 0 bridgehead atoms. The molecule has 1 aliphatic rings. The topological polar surface area (TPSA) is 55.6 Å². The second-order valence-electron chi connectivity index (χ2n) is 5.56. The Morgan fingerprint density at radius 3 is 2.52 bits per heavy atom. The van der Waals surface area contributed by atoms with E-state index in [1.807, 2.05) is 53.4 Å². The van der Waals surface area contributed by atoms with Crippen LogP contribution in [0.1, 0.15) is 27.6 Å². The summed E-state index contributed by atoms with van der Waals surface area (Å²) in [4.78, 5) is 14.5. The Hall–Kier alpha value is -1.88. The van der Waals surface area contributed by atoms with E-state index >= 15 is 0 Å². The number of nitrogens with zero attached hydrogens (tertiary/aromatic N) is 1. The molecule has 3 rings (SSSR count). The summed E-state index contributed by atoms with van der Waals surface area (Å²) in [6.07, 6.45) is -0.117. The van der Waals surface area contributed by atoms with Gasteiger partial charge in [-0.2, -0.15) is 0 Å². The molecular weight excluding hydrogens is 312 g/mol. The van der Waals surface area contributed by atoms with Gasteiger partial charge in [0.1, 0.15) is 6.10 Å². The molecule has 0 spiro atoms. The molecule has 1 saturated heterocycles. The summed E-state index contributed by atoms with van der Waals surface area (Å²) >= 11 is 5.92. The van der Waals surface area contributed by atoms with Crippen molar-refractivity contribution in [3.63, 3.8) is 0 Å². The van der Waals surface area contributed by atoms with Gasteiger partial charge >= 0.3 is 0 Å². The standard InChI is InChI=1S/C18H19ClN2O2/c19-16-7-5-14(6-8-16)17-12-21(9-10-23-17)18(22)15-3-1-13(11-20)2-4-15/h1-8,17H,9-12,20H2. The van der Waals surface area contributed by atoms with Crippen molar-refractivity contribution in [3.05, 3.63) is 70.2 Å². The van der Waals surface area contributed by atoms with Crippen LogP contribution in [0.3, 0.4) is 0 Å². The van der Waals surface area contributed by atoms with Crippen LogP contribution in [0.15, 0.2) is 48.5 Å². The first-order chi connectivity index (χ1) is 11.2. The van der Waals surface area contributed by atoms with Crippen molar-refractivity contribution in [1.82, 2.24) is 4.90 Å². The molecule has 0 radical (unpaired) electrons. The third-order valence-electron chi connectivity index (χ3n) is 4.03. The van der Waals surface area contributed by atoms with E-state index < -0.39 is 0 Å². The van der Waals surface area contributed by atoms with E-state index in [2.05, 4.69) is 0 Å². The molecule has 0 aliphatic carbocycles. The van der Waals surface area contributed by atoms with Gasteiger partial charge < -0.3 is 15.4 Å². The fraction of sp³-hybridized carbons (Fsp3) is 0.278. The molecule has 1 amide bonds. The highest BCUT2D eigenvalue weighted by molar-refractivity contribution is 6.30. The SMILES string of the molecule is NCc1ccc(C(=O)N2CCOC(c3ccc(Cl)cc3)C2)cc1. The summed E-state index contributed by atoms with van der Waals surface area (Å²) in [5.74, 6) is 0.0239. The van der Waals surface area contributed by atoms with Gasteiger partial charge in [0.15, 0.2) is 0 Å². The molecule has 1 aliphatic heterocycles. The number of halogens is 1. The lowest BCUT2D eigenvalue weighted by Crippen LogP contribution is -2.42. The van der Waals surface area contributed by atoms with Crippen molar-refractivity contribution in [2.75, 3.05) is 19.7 Å². The molecular formula is C18H19ClN2O2. The minimum absolute atomic E-state index is 0.0239. The highest BCUT2D eigenvalue weighted by Crippen LogP contribution is 2.24. The van der Waals surface area contributed by atoms with Crippen molar-refractivity contribution in [2.45, 2.75) is 12.6 Å². The number of hydrogen-bond donors (Lipinski definition) is 1. The maximum atomic E-state index is 12.6. The van der Waals surface area contributed by atoms with Crippen LogP contribution in [0, 0.1) is 0 Å². The summed E-state index contributed by atoms with van der Waals surface area (Å²) in [6, 6.07) is 15.0. The van der Waals surface area contributed by atoms with Crippen LogP contribution in [0.4, 0.5) is 0 Å². The second kappa shape index (κ2) is 7.13. The molecule has 120 valence electrons. The van der Waals surface area contributed by atoms with Crippen LogP contribution in [0.2, 0.25) is 5.02 Å². The lowest BCUT2D eigenvalue weighted by Gasteiger charge is -2.33. The summed E-state index contributed by atoms with van der Waals surface area (Å²) in [6.45, 7) is 2.14. The Morgan fingerprint density at radius 1 is 1.17 bits per heavy atom. The van der Waals surface area contributed by atoms with E-state index in [4.69, 9.17) is 22.1 Å². The van der Waals surface area contributed by atoms with E-state index in [-0.39, 0.29) is 12.0 Å². The quantitative estimate of drug-likeness (QED) is 0.941. The molecule has 23 heavy (non-hydrogen) atoms. The smallest absolute Gasteiger partial charge is 0.254 e. The van der Waals surface area contributed by atoms with Gasteiger partial charge in [0.25, 0.3) is 5.91 Å². The van der Waals surface area contributed by atoms with Crippen LogP contribution in [-0.2, 0) is 11.3 Å². The molecule has 5 heteroatoms. The Kier molecular flexibility index (Phi) is 4.96. The number of carbonyl (C=O) groups is 1. The molecule has 0 aromatic heterocycles. The Labute approximate surface area is 140 Å². The lowest BCUT2D eigenvalue weighted by atomic mass is 10.1. The minimum atomic E-state index is -0.117. The van der Waals surface area contributed by atoms with E-state index in [0.29, 0.717) is 36.8 Å². The number of carbonyl (C=O) groups excluding carboxylic acids is 1. The minimum Gasteiger partial charge on any atom is -0.370 e. The number of nitrogens with two attached hydrogens (primary N) is 1. The van der Waals surface area contributed by atoms with E-state index in [1.54, 1.807) is 0 Å². The van der Waals surface area contributed by atoms with Crippen LogP contribution >= 0.6 is 11.6 Å². The molecule has 2 aromatic carbocycles. The first-order valence-corrected chi connectivity index (χ1v) is 8.00. The van der Waals surface area contributed by atoms with E-state index in [0.717, 1.165) is 11.1 Å². The molecule has 1 fully saturated rings. The Morgan fingerprint density at radius 2 is 1.87 bits per heavy atom. The van der Waals surface area contributed by atoms with Gasteiger partial charge in [-0.1, -0.05) is 35.9 Å². The predicted octanol–water partition coefficient (Wildman–Crippen LogP) is 3.01. The Bertz CT molecular complexity index is 670. The maximum absolute atomic E-state index is 12.6. The van der Waals surface area contributed by atoms with Crippen molar-refractivity contribution >= 4 is 17.5 Å². The van der Waals surface area contributed by atoms with Crippen molar-refractivity contribution in [1.29, 1.82) is 0 Å². The van der Waals surface area contributed by atoms with Crippen LogP contribution in [0.25, 0.3) is 0 Å². The zero-order valence-electron chi connectivity index (χ0n) is 12.7. The second-order valence-corrected chi connectivity index (χ2v) is 6.00. The normalized spacial score (nSPS) is 18.0. The van der Waals surface area contributed by atoms with Crippen molar-refractivity contribution in [3.8, 4) is 0 Å². The monoisotopic (exact) mass is 330 g/mol. The highest BCUT2D eigenvalue weighted by Gasteiger charge is 2.26. The van der Waals surface area contributed by atoms with Crippen molar-refractivity contribution < 1.29 is 9.53 Å². The van der Waals surface area contributed by atoms with E-state index in [1.165, 1.54) is 0 Å². The largest absolute Gasteiger partial charge is 0.370 e. The molecule has 1 atom stereocenters. The number of benzene rings is 2. The first kappa shape index (κ1) is 16.0.